The maximum absolute atomic E-state index is 11.7. The Hall–Kier alpha value is -2.30. The summed E-state index contributed by atoms with van der Waals surface area (Å²) in [5, 5.41) is 6.94. The lowest BCUT2D eigenvalue weighted by Gasteiger charge is -2.06. The van der Waals surface area contributed by atoms with Gasteiger partial charge >= 0.3 is 0 Å². The number of aromatic nitrogens is 2. The minimum Gasteiger partial charge on any atom is -0.467 e. The van der Waals surface area contributed by atoms with Gasteiger partial charge in [0, 0.05) is 25.4 Å². The highest BCUT2D eigenvalue weighted by Crippen LogP contribution is 2.09. The van der Waals surface area contributed by atoms with E-state index in [1.54, 1.807) is 10.7 Å². The number of carbonyl (C=O) groups is 1. The molecule has 0 spiro atoms. The highest BCUT2D eigenvalue weighted by atomic mass is 16.5. The molecular weight excluding hydrogens is 254 g/mol. The van der Waals surface area contributed by atoms with E-state index in [4.69, 9.17) is 4.74 Å². The van der Waals surface area contributed by atoms with Crippen molar-refractivity contribution in [3.05, 3.63) is 47.2 Å². The molecule has 106 valence electrons. The molecule has 0 saturated carbocycles. The molecule has 5 nitrogen and oxygen atoms in total. The van der Waals surface area contributed by atoms with Gasteiger partial charge in [0.1, 0.15) is 0 Å². The van der Waals surface area contributed by atoms with E-state index in [1.807, 2.05) is 45.2 Å². The van der Waals surface area contributed by atoms with E-state index >= 15 is 0 Å². The van der Waals surface area contributed by atoms with Gasteiger partial charge in [-0.3, -0.25) is 9.48 Å². The molecule has 2 aromatic rings. The molecule has 0 saturated heterocycles. The molecule has 0 atom stereocenters. The first kappa shape index (κ1) is 14.1. The maximum Gasteiger partial charge on any atom is 0.258 e. The smallest absolute Gasteiger partial charge is 0.258 e. The van der Waals surface area contributed by atoms with Crippen molar-refractivity contribution in [3.8, 4) is 5.88 Å². The monoisotopic (exact) mass is 273 g/mol. The maximum atomic E-state index is 11.7. The van der Waals surface area contributed by atoms with Gasteiger partial charge in [0.2, 0.25) is 5.88 Å². The Bertz CT molecular complexity index is 568. The highest BCUT2D eigenvalue weighted by molar-refractivity contribution is 5.77. The van der Waals surface area contributed by atoms with Crippen LogP contribution in [-0.2, 0) is 18.4 Å². The van der Waals surface area contributed by atoms with E-state index in [1.165, 1.54) is 5.56 Å². The number of carbonyl (C=O) groups excluding carboxylic acids is 1. The van der Waals surface area contributed by atoms with E-state index in [2.05, 4.69) is 10.4 Å². The molecule has 1 aromatic carbocycles. The Kier molecular flexibility index (Phi) is 4.40. The minimum atomic E-state index is -0.158. The third-order valence-electron chi connectivity index (χ3n) is 3.05. The predicted octanol–water partition coefficient (Wildman–Crippen LogP) is 1.73. The Labute approximate surface area is 118 Å². The molecule has 1 N–H and O–H groups in total. The number of aryl methyl sites for hydroxylation is 3. The van der Waals surface area contributed by atoms with Crippen molar-refractivity contribution in [3.63, 3.8) is 0 Å². The lowest BCUT2D eigenvalue weighted by atomic mass is 10.1. The Balaban J connectivity index is 1.76. The van der Waals surface area contributed by atoms with Crippen molar-refractivity contribution in [1.29, 1.82) is 0 Å². The molecule has 0 aliphatic heterocycles. The summed E-state index contributed by atoms with van der Waals surface area (Å²) in [6.07, 6.45) is 0. The van der Waals surface area contributed by atoms with Crippen molar-refractivity contribution in [2.24, 2.45) is 7.05 Å². The van der Waals surface area contributed by atoms with E-state index in [0.717, 1.165) is 11.3 Å². The average molecular weight is 273 g/mol. The Morgan fingerprint density at radius 1 is 1.30 bits per heavy atom. The van der Waals surface area contributed by atoms with Crippen LogP contribution in [0.2, 0.25) is 0 Å². The van der Waals surface area contributed by atoms with Crippen LogP contribution < -0.4 is 10.1 Å². The van der Waals surface area contributed by atoms with Crippen LogP contribution in [0.15, 0.2) is 30.3 Å². The second-order valence-electron chi connectivity index (χ2n) is 4.80. The molecule has 0 unspecified atom stereocenters. The molecule has 20 heavy (non-hydrogen) atoms. The first-order chi connectivity index (χ1) is 9.54. The summed E-state index contributed by atoms with van der Waals surface area (Å²) in [6, 6.07) is 9.84. The molecular formula is C15H19N3O2. The van der Waals surface area contributed by atoms with Crippen molar-refractivity contribution in [2.75, 3.05) is 6.61 Å². The standard InChI is InChI=1S/C15H19N3O2/c1-11-4-6-13(7-5-11)9-16-14(19)10-20-15-8-12(2)18(3)17-15/h4-8H,9-10H2,1-3H3,(H,16,19). The highest BCUT2D eigenvalue weighted by Gasteiger charge is 2.06. The first-order valence-corrected chi connectivity index (χ1v) is 6.50. The molecule has 1 amide bonds. The fourth-order valence-corrected chi connectivity index (χ4v) is 1.70. The molecule has 0 fully saturated rings. The number of nitrogens with one attached hydrogen (secondary N) is 1. The second kappa shape index (κ2) is 6.23. The number of hydrogen-bond acceptors (Lipinski definition) is 3. The summed E-state index contributed by atoms with van der Waals surface area (Å²) in [5.41, 5.74) is 3.26. The molecule has 5 heteroatoms. The molecule has 0 aliphatic rings. The van der Waals surface area contributed by atoms with Gasteiger partial charge in [-0.15, -0.1) is 5.10 Å². The number of ether oxygens (including phenoxy) is 1. The van der Waals surface area contributed by atoms with Crippen LogP contribution in [0.25, 0.3) is 0 Å². The van der Waals surface area contributed by atoms with Gasteiger partial charge < -0.3 is 10.1 Å². The average Bonchev–Trinajstić information content (AvgIpc) is 2.75. The van der Waals surface area contributed by atoms with Crippen LogP contribution >= 0.6 is 0 Å². The summed E-state index contributed by atoms with van der Waals surface area (Å²) in [5.74, 6) is 0.310. The Morgan fingerprint density at radius 3 is 2.60 bits per heavy atom. The lowest BCUT2D eigenvalue weighted by Crippen LogP contribution is -2.28. The topological polar surface area (TPSA) is 56.1 Å². The van der Waals surface area contributed by atoms with Crippen LogP contribution in [0.1, 0.15) is 16.8 Å². The number of benzene rings is 1. The lowest BCUT2D eigenvalue weighted by molar-refractivity contribution is -0.123. The second-order valence-corrected chi connectivity index (χ2v) is 4.80. The summed E-state index contributed by atoms with van der Waals surface area (Å²) in [4.78, 5) is 11.7. The summed E-state index contributed by atoms with van der Waals surface area (Å²) in [7, 11) is 1.83. The van der Waals surface area contributed by atoms with Gasteiger partial charge in [-0.25, -0.2) is 0 Å². The van der Waals surface area contributed by atoms with Crippen molar-refractivity contribution < 1.29 is 9.53 Å². The fraction of sp³-hybridized carbons (Fsp3) is 0.333. The molecule has 1 aromatic heterocycles. The van der Waals surface area contributed by atoms with Crippen molar-refractivity contribution in [2.45, 2.75) is 20.4 Å². The van der Waals surface area contributed by atoms with Crippen LogP contribution in [-0.4, -0.2) is 22.3 Å². The van der Waals surface area contributed by atoms with Gasteiger partial charge in [-0.1, -0.05) is 29.8 Å². The number of amides is 1. The fourth-order valence-electron chi connectivity index (χ4n) is 1.70. The predicted molar refractivity (Wildman–Crippen MR) is 76.5 cm³/mol. The van der Waals surface area contributed by atoms with Gasteiger partial charge in [0.15, 0.2) is 6.61 Å². The van der Waals surface area contributed by atoms with Crippen LogP contribution in [0.3, 0.4) is 0 Å². The van der Waals surface area contributed by atoms with Crippen LogP contribution in [0.5, 0.6) is 5.88 Å². The largest absolute Gasteiger partial charge is 0.467 e. The quantitative estimate of drug-likeness (QED) is 0.902. The third kappa shape index (κ3) is 3.85. The van der Waals surface area contributed by atoms with Gasteiger partial charge in [0.05, 0.1) is 0 Å². The first-order valence-electron chi connectivity index (χ1n) is 6.50. The van der Waals surface area contributed by atoms with Crippen molar-refractivity contribution in [1.82, 2.24) is 15.1 Å². The molecule has 0 aliphatic carbocycles. The van der Waals surface area contributed by atoms with E-state index in [-0.39, 0.29) is 12.5 Å². The van der Waals surface area contributed by atoms with E-state index < -0.39 is 0 Å². The zero-order valence-corrected chi connectivity index (χ0v) is 12.0. The molecule has 0 radical (unpaired) electrons. The summed E-state index contributed by atoms with van der Waals surface area (Å²) < 4.78 is 7.04. The molecule has 1 heterocycles. The van der Waals surface area contributed by atoms with Gasteiger partial charge in [0.25, 0.3) is 5.91 Å². The number of rotatable bonds is 5. The SMILES string of the molecule is Cc1ccc(CNC(=O)COc2cc(C)n(C)n2)cc1. The number of hydrogen-bond donors (Lipinski definition) is 1. The zero-order valence-electron chi connectivity index (χ0n) is 12.0. The van der Waals surface area contributed by atoms with Crippen LogP contribution in [0, 0.1) is 13.8 Å². The summed E-state index contributed by atoms with van der Waals surface area (Å²) >= 11 is 0. The van der Waals surface area contributed by atoms with Gasteiger partial charge in [-0.05, 0) is 19.4 Å². The minimum absolute atomic E-state index is 0.0255. The normalized spacial score (nSPS) is 10.3. The van der Waals surface area contributed by atoms with E-state index in [0.29, 0.717) is 12.4 Å². The van der Waals surface area contributed by atoms with Crippen LogP contribution in [0.4, 0.5) is 0 Å². The molecule has 2 rings (SSSR count). The van der Waals surface area contributed by atoms with E-state index in [9.17, 15) is 4.79 Å². The summed E-state index contributed by atoms with van der Waals surface area (Å²) in [6.45, 7) is 4.44. The third-order valence-corrected chi connectivity index (χ3v) is 3.05. The van der Waals surface area contributed by atoms with Crippen molar-refractivity contribution >= 4 is 5.91 Å². The zero-order chi connectivity index (χ0) is 14.5. The molecule has 0 bridgehead atoms. The van der Waals surface area contributed by atoms with Gasteiger partial charge in [-0.2, -0.15) is 0 Å². The number of nitrogens with zero attached hydrogens (tertiary/aromatic N) is 2. The Morgan fingerprint density at radius 2 is 2.00 bits per heavy atom.